The lowest BCUT2D eigenvalue weighted by Crippen LogP contribution is -2.29. The van der Waals surface area contributed by atoms with E-state index in [1.807, 2.05) is 54.6 Å². The molecule has 6 nitrogen and oxygen atoms in total. The van der Waals surface area contributed by atoms with Crippen molar-refractivity contribution in [3.63, 3.8) is 0 Å². The summed E-state index contributed by atoms with van der Waals surface area (Å²) in [7, 11) is -2.92. The number of benzene rings is 2. The molecule has 0 aromatic heterocycles. The van der Waals surface area contributed by atoms with E-state index in [4.69, 9.17) is 10.5 Å². The third-order valence-electron chi connectivity index (χ3n) is 4.16. The fourth-order valence-electron chi connectivity index (χ4n) is 2.94. The summed E-state index contributed by atoms with van der Waals surface area (Å²) in [5, 5.41) is 3.03. The molecule has 0 spiro atoms. The standard InChI is InChI=1S/C19H23N3O3S.HI/c20-19(21-13-15-6-5-11-26(23,24)14-15)22-16-7-4-10-18(12-16)25-17-8-2-1-3-9-17;/h1-4,7-10,12,15H,5-6,11,13-14H2,(H3,20,21,22);1H. The average Bonchev–Trinajstić information content (AvgIpc) is 2.60. The zero-order chi connectivity index (χ0) is 18.4. The first-order valence-corrected chi connectivity index (χ1v) is 10.4. The summed E-state index contributed by atoms with van der Waals surface area (Å²) in [5.41, 5.74) is 6.70. The lowest BCUT2D eigenvalue weighted by Gasteiger charge is -2.20. The summed E-state index contributed by atoms with van der Waals surface area (Å²) in [4.78, 5) is 4.30. The first kappa shape index (κ1) is 21.5. The van der Waals surface area contributed by atoms with Gasteiger partial charge >= 0.3 is 0 Å². The van der Waals surface area contributed by atoms with Crippen LogP contribution in [0, 0.1) is 5.92 Å². The maximum atomic E-state index is 11.7. The molecule has 0 amide bonds. The van der Waals surface area contributed by atoms with Crippen LogP contribution in [-0.2, 0) is 9.84 Å². The number of nitrogens with two attached hydrogens (primary N) is 1. The normalized spacial score (nSPS) is 19.0. The summed E-state index contributed by atoms with van der Waals surface area (Å²) in [6, 6.07) is 16.9. The topological polar surface area (TPSA) is 93.8 Å². The Hall–Kier alpha value is -1.81. The fourth-order valence-corrected chi connectivity index (χ4v) is 4.70. The molecule has 1 saturated heterocycles. The molecule has 8 heteroatoms. The molecule has 2 aromatic carbocycles. The van der Waals surface area contributed by atoms with Gasteiger partial charge in [0.15, 0.2) is 15.8 Å². The van der Waals surface area contributed by atoms with Gasteiger partial charge in [0.25, 0.3) is 0 Å². The number of anilines is 1. The molecule has 1 unspecified atom stereocenters. The predicted octanol–water partition coefficient (Wildman–Crippen LogP) is 3.65. The van der Waals surface area contributed by atoms with Gasteiger partial charge < -0.3 is 15.8 Å². The maximum absolute atomic E-state index is 11.7. The average molecular weight is 501 g/mol. The van der Waals surface area contributed by atoms with E-state index in [0.29, 0.717) is 18.7 Å². The number of halogens is 1. The Morgan fingerprint density at radius 2 is 1.89 bits per heavy atom. The Bertz CT molecular complexity index is 873. The van der Waals surface area contributed by atoms with Gasteiger partial charge in [-0.15, -0.1) is 24.0 Å². The number of ether oxygens (including phenoxy) is 1. The van der Waals surface area contributed by atoms with Gasteiger partial charge in [-0.1, -0.05) is 24.3 Å². The van der Waals surface area contributed by atoms with E-state index in [1.165, 1.54) is 0 Å². The van der Waals surface area contributed by atoms with E-state index < -0.39 is 9.84 Å². The van der Waals surface area contributed by atoms with Crippen LogP contribution in [-0.4, -0.2) is 32.4 Å². The molecular formula is C19H24IN3O3S. The van der Waals surface area contributed by atoms with Gasteiger partial charge in [-0.3, -0.25) is 4.99 Å². The molecule has 1 heterocycles. The molecular weight excluding hydrogens is 477 g/mol. The van der Waals surface area contributed by atoms with Crippen molar-refractivity contribution in [2.75, 3.05) is 23.4 Å². The number of guanidine groups is 1. The molecule has 3 rings (SSSR count). The number of aliphatic imine (C=N–C) groups is 1. The molecule has 0 saturated carbocycles. The van der Waals surface area contributed by atoms with Crippen LogP contribution in [0.4, 0.5) is 5.69 Å². The molecule has 0 aliphatic carbocycles. The smallest absolute Gasteiger partial charge is 0.193 e. The van der Waals surface area contributed by atoms with Gasteiger partial charge in [0.05, 0.1) is 11.5 Å². The number of para-hydroxylation sites is 1. The van der Waals surface area contributed by atoms with E-state index in [9.17, 15) is 8.42 Å². The first-order valence-electron chi connectivity index (χ1n) is 8.60. The maximum Gasteiger partial charge on any atom is 0.193 e. The lowest BCUT2D eigenvalue weighted by atomic mass is 10.1. The van der Waals surface area contributed by atoms with Crippen LogP contribution in [0.15, 0.2) is 59.6 Å². The van der Waals surface area contributed by atoms with E-state index >= 15 is 0 Å². The Kier molecular flexibility index (Phi) is 7.91. The van der Waals surface area contributed by atoms with Crippen LogP contribution in [0.5, 0.6) is 11.5 Å². The summed E-state index contributed by atoms with van der Waals surface area (Å²) >= 11 is 0. The van der Waals surface area contributed by atoms with Crippen molar-refractivity contribution in [1.82, 2.24) is 0 Å². The number of rotatable bonds is 5. The van der Waals surface area contributed by atoms with Crippen LogP contribution < -0.4 is 15.8 Å². The highest BCUT2D eigenvalue weighted by Gasteiger charge is 2.24. The summed E-state index contributed by atoms with van der Waals surface area (Å²) < 4.78 is 29.1. The number of hydrogen-bond acceptors (Lipinski definition) is 4. The largest absolute Gasteiger partial charge is 0.457 e. The Balaban J connectivity index is 0.00000261. The van der Waals surface area contributed by atoms with Gasteiger partial charge in [0.2, 0.25) is 0 Å². The fraction of sp³-hybridized carbons (Fsp3) is 0.316. The van der Waals surface area contributed by atoms with Crippen molar-refractivity contribution in [3.8, 4) is 11.5 Å². The Morgan fingerprint density at radius 3 is 2.63 bits per heavy atom. The second kappa shape index (κ2) is 9.93. The minimum Gasteiger partial charge on any atom is -0.457 e. The zero-order valence-corrected chi connectivity index (χ0v) is 18.0. The zero-order valence-electron chi connectivity index (χ0n) is 14.9. The van der Waals surface area contributed by atoms with Crippen LogP contribution in [0.25, 0.3) is 0 Å². The van der Waals surface area contributed by atoms with Crippen LogP contribution in [0.2, 0.25) is 0 Å². The number of nitrogens with one attached hydrogen (secondary N) is 1. The van der Waals surface area contributed by atoms with Gasteiger partial charge in [0, 0.05) is 18.3 Å². The monoisotopic (exact) mass is 501 g/mol. The highest BCUT2D eigenvalue weighted by Crippen LogP contribution is 2.24. The van der Waals surface area contributed by atoms with Crippen molar-refractivity contribution in [2.24, 2.45) is 16.6 Å². The Morgan fingerprint density at radius 1 is 1.15 bits per heavy atom. The molecule has 27 heavy (non-hydrogen) atoms. The number of hydrogen-bond donors (Lipinski definition) is 2. The van der Waals surface area contributed by atoms with Crippen molar-refractivity contribution >= 4 is 45.5 Å². The van der Waals surface area contributed by atoms with Crippen molar-refractivity contribution in [3.05, 3.63) is 54.6 Å². The van der Waals surface area contributed by atoms with E-state index in [0.717, 1.165) is 17.9 Å². The third kappa shape index (κ3) is 7.02. The summed E-state index contributed by atoms with van der Waals surface area (Å²) in [6.45, 7) is 0.415. The molecule has 1 atom stereocenters. The van der Waals surface area contributed by atoms with Crippen LogP contribution >= 0.6 is 24.0 Å². The van der Waals surface area contributed by atoms with E-state index in [2.05, 4.69) is 10.3 Å². The van der Waals surface area contributed by atoms with Gasteiger partial charge in [0.1, 0.15) is 11.5 Å². The molecule has 1 aliphatic rings. The van der Waals surface area contributed by atoms with Crippen molar-refractivity contribution < 1.29 is 13.2 Å². The van der Waals surface area contributed by atoms with Gasteiger partial charge in [-0.25, -0.2) is 8.42 Å². The minimum atomic E-state index is -2.92. The molecule has 0 bridgehead atoms. The van der Waals surface area contributed by atoms with Crippen LogP contribution in [0.3, 0.4) is 0 Å². The molecule has 3 N–H and O–H groups in total. The van der Waals surface area contributed by atoms with Gasteiger partial charge in [-0.05, 0) is 43.0 Å². The summed E-state index contributed by atoms with van der Waals surface area (Å²) in [6.07, 6.45) is 1.57. The third-order valence-corrected chi connectivity index (χ3v) is 6.05. The highest BCUT2D eigenvalue weighted by atomic mass is 127. The quantitative estimate of drug-likeness (QED) is 0.371. The SMILES string of the molecule is I.NC(=NCC1CCCS(=O)(=O)C1)Nc1cccc(Oc2ccccc2)c1. The van der Waals surface area contributed by atoms with E-state index in [-0.39, 0.29) is 47.4 Å². The van der Waals surface area contributed by atoms with Crippen molar-refractivity contribution in [2.45, 2.75) is 12.8 Å². The summed E-state index contributed by atoms with van der Waals surface area (Å²) in [5.74, 6) is 2.24. The molecule has 0 radical (unpaired) electrons. The Labute approximate surface area is 177 Å². The molecule has 1 aliphatic heterocycles. The lowest BCUT2D eigenvalue weighted by molar-refractivity contribution is 0.483. The van der Waals surface area contributed by atoms with Crippen molar-refractivity contribution in [1.29, 1.82) is 0 Å². The number of sulfone groups is 1. The predicted molar refractivity (Wildman–Crippen MR) is 120 cm³/mol. The second-order valence-electron chi connectivity index (χ2n) is 6.42. The number of nitrogens with zero attached hydrogens (tertiary/aromatic N) is 1. The molecule has 1 fully saturated rings. The van der Waals surface area contributed by atoms with Crippen LogP contribution in [0.1, 0.15) is 12.8 Å². The molecule has 146 valence electrons. The second-order valence-corrected chi connectivity index (χ2v) is 8.65. The van der Waals surface area contributed by atoms with Gasteiger partial charge in [-0.2, -0.15) is 0 Å². The first-order chi connectivity index (χ1) is 12.5. The molecule has 2 aromatic rings. The minimum absolute atomic E-state index is 0. The van der Waals surface area contributed by atoms with E-state index in [1.54, 1.807) is 0 Å². The highest BCUT2D eigenvalue weighted by molar-refractivity contribution is 14.0.